The Hall–Kier alpha value is -1.96. The van der Waals surface area contributed by atoms with E-state index >= 15 is 0 Å². The van der Waals surface area contributed by atoms with E-state index in [4.69, 9.17) is 0 Å². The van der Waals surface area contributed by atoms with Crippen LogP contribution in [0.4, 0.5) is 17.5 Å². The third kappa shape index (κ3) is 2.96. The van der Waals surface area contributed by atoms with E-state index in [0.717, 1.165) is 12.8 Å². The van der Waals surface area contributed by atoms with Gasteiger partial charge in [0.1, 0.15) is 5.69 Å². The minimum atomic E-state index is -0.451. The molecule has 8 nitrogen and oxygen atoms in total. The minimum absolute atomic E-state index is 0.0623. The smallest absolute Gasteiger partial charge is 0.332 e. The molecule has 1 aromatic rings. The van der Waals surface area contributed by atoms with Gasteiger partial charge in [0, 0.05) is 19.1 Å². The van der Waals surface area contributed by atoms with Gasteiger partial charge in [-0.1, -0.05) is 0 Å². The summed E-state index contributed by atoms with van der Waals surface area (Å²) in [4.78, 5) is 21.0. The number of aliphatic hydroxyl groups excluding tert-OH is 1. The molecule has 1 aliphatic carbocycles. The minimum Gasteiger partial charge on any atom is -0.395 e. The molecule has 0 unspecified atom stereocenters. The zero-order chi connectivity index (χ0) is 14.7. The Morgan fingerprint density at radius 1 is 1.50 bits per heavy atom. The van der Waals surface area contributed by atoms with Crippen molar-refractivity contribution in [3.05, 3.63) is 15.8 Å². The van der Waals surface area contributed by atoms with Crippen LogP contribution in [0.15, 0.2) is 0 Å². The number of anilines is 2. The zero-order valence-corrected chi connectivity index (χ0v) is 11.7. The van der Waals surface area contributed by atoms with Crippen molar-refractivity contribution in [2.24, 2.45) is 0 Å². The fourth-order valence-electron chi connectivity index (χ4n) is 2.16. The van der Waals surface area contributed by atoms with Gasteiger partial charge < -0.3 is 15.3 Å². The standard InChI is InChI=1S/C12H19N5O3/c1-3-13-12-14-8(2)10(17(19)20)11(15-12)16(6-7-18)9-4-5-9/h9,18H,3-7H2,1-2H3,(H,13,14,15). The van der Waals surface area contributed by atoms with Crippen LogP contribution in [0.5, 0.6) is 0 Å². The van der Waals surface area contributed by atoms with Gasteiger partial charge in [0.25, 0.3) is 0 Å². The fraction of sp³-hybridized carbons (Fsp3) is 0.667. The van der Waals surface area contributed by atoms with Crippen LogP contribution in [0.3, 0.4) is 0 Å². The highest BCUT2D eigenvalue weighted by Crippen LogP contribution is 2.37. The summed E-state index contributed by atoms with van der Waals surface area (Å²) in [5, 5.41) is 23.4. The highest BCUT2D eigenvalue weighted by Gasteiger charge is 2.35. The van der Waals surface area contributed by atoms with Crippen molar-refractivity contribution in [3.8, 4) is 0 Å². The normalized spacial score (nSPS) is 14.2. The molecule has 0 bridgehead atoms. The summed E-state index contributed by atoms with van der Waals surface area (Å²) in [6.45, 7) is 4.43. The summed E-state index contributed by atoms with van der Waals surface area (Å²) in [5.41, 5.74) is 0.256. The summed E-state index contributed by atoms with van der Waals surface area (Å²) >= 11 is 0. The lowest BCUT2D eigenvalue weighted by Gasteiger charge is -2.23. The first-order valence-electron chi connectivity index (χ1n) is 6.72. The molecule has 1 heterocycles. The second-order valence-corrected chi connectivity index (χ2v) is 4.74. The molecular formula is C12H19N5O3. The van der Waals surface area contributed by atoms with Gasteiger partial charge in [0.2, 0.25) is 11.8 Å². The Labute approximate surface area is 117 Å². The highest BCUT2D eigenvalue weighted by molar-refractivity contribution is 5.63. The molecule has 0 spiro atoms. The first kappa shape index (κ1) is 14.4. The van der Waals surface area contributed by atoms with E-state index in [9.17, 15) is 15.2 Å². The maximum absolute atomic E-state index is 11.3. The summed E-state index contributed by atoms with van der Waals surface area (Å²) < 4.78 is 0. The van der Waals surface area contributed by atoms with Gasteiger partial charge in [0.15, 0.2) is 0 Å². The number of nitrogens with one attached hydrogen (secondary N) is 1. The molecule has 2 N–H and O–H groups in total. The van der Waals surface area contributed by atoms with E-state index in [1.54, 1.807) is 6.92 Å². The average Bonchev–Trinajstić information content (AvgIpc) is 3.19. The van der Waals surface area contributed by atoms with Gasteiger partial charge in [0.05, 0.1) is 11.5 Å². The molecule has 0 atom stereocenters. The molecule has 0 radical (unpaired) electrons. The van der Waals surface area contributed by atoms with Gasteiger partial charge in [-0.25, -0.2) is 4.98 Å². The third-order valence-corrected chi connectivity index (χ3v) is 3.16. The SMILES string of the molecule is CCNc1nc(C)c([N+](=O)[O-])c(N(CCO)C2CC2)n1. The Kier molecular flexibility index (Phi) is 4.33. The van der Waals surface area contributed by atoms with Crippen LogP contribution >= 0.6 is 0 Å². The lowest BCUT2D eigenvalue weighted by molar-refractivity contribution is -0.385. The number of aryl methyl sites for hydroxylation is 1. The molecule has 0 aliphatic heterocycles. The Morgan fingerprint density at radius 2 is 2.20 bits per heavy atom. The Balaban J connectivity index is 2.47. The van der Waals surface area contributed by atoms with Crippen LogP contribution in [0.1, 0.15) is 25.5 Å². The number of nitro groups is 1. The van der Waals surface area contributed by atoms with E-state index in [2.05, 4.69) is 15.3 Å². The van der Waals surface area contributed by atoms with Crippen molar-refractivity contribution < 1.29 is 10.0 Å². The van der Waals surface area contributed by atoms with Crippen molar-refractivity contribution in [1.29, 1.82) is 0 Å². The van der Waals surface area contributed by atoms with Crippen LogP contribution in [-0.4, -0.2) is 45.7 Å². The summed E-state index contributed by atoms with van der Waals surface area (Å²) in [7, 11) is 0. The number of aromatic nitrogens is 2. The molecule has 1 aromatic heterocycles. The largest absolute Gasteiger partial charge is 0.395 e. The van der Waals surface area contributed by atoms with E-state index in [0.29, 0.717) is 30.5 Å². The molecule has 0 saturated heterocycles. The van der Waals surface area contributed by atoms with Crippen molar-refractivity contribution in [1.82, 2.24) is 9.97 Å². The lowest BCUT2D eigenvalue weighted by Crippen LogP contribution is -2.31. The molecule has 20 heavy (non-hydrogen) atoms. The summed E-state index contributed by atoms with van der Waals surface area (Å²) in [6.07, 6.45) is 1.94. The average molecular weight is 281 g/mol. The quantitative estimate of drug-likeness (QED) is 0.569. The topological polar surface area (TPSA) is 104 Å². The van der Waals surface area contributed by atoms with Gasteiger partial charge in [-0.05, 0) is 26.7 Å². The maximum Gasteiger partial charge on any atom is 0.332 e. The molecule has 0 aromatic carbocycles. The van der Waals surface area contributed by atoms with E-state index < -0.39 is 4.92 Å². The molecule has 1 fully saturated rings. The third-order valence-electron chi connectivity index (χ3n) is 3.16. The second kappa shape index (κ2) is 6.00. The number of nitrogens with zero attached hydrogens (tertiary/aromatic N) is 4. The van der Waals surface area contributed by atoms with Crippen LogP contribution in [-0.2, 0) is 0 Å². The van der Waals surface area contributed by atoms with Crippen LogP contribution in [0, 0.1) is 17.0 Å². The summed E-state index contributed by atoms with van der Waals surface area (Å²) in [5.74, 6) is 0.684. The molecule has 1 saturated carbocycles. The molecule has 8 heteroatoms. The van der Waals surface area contributed by atoms with Gasteiger partial charge in [-0.15, -0.1) is 0 Å². The van der Waals surface area contributed by atoms with Crippen LogP contribution in [0.2, 0.25) is 0 Å². The van der Waals surface area contributed by atoms with Crippen molar-refractivity contribution >= 4 is 17.5 Å². The van der Waals surface area contributed by atoms with E-state index in [1.165, 1.54) is 0 Å². The molecule has 1 aliphatic rings. The lowest BCUT2D eigenvalue weighted by atomic mass is 10.3. The van der Waals surface area contributed by atoms with Crippen molar-refractivity contribution in [3.63, 3.8) is 0 Å². The first-order chi connectivity index (χ1) is 9.58. The predicted molar refractivity (Wildman–Crippen MR) is 75.0 cm³/mol. The number of hydrogen-bond acceptors (Lipinski definition) is 7. The molecule has 110 valence electrons. The highest BCUT2D eigenvalue weighted by atomic mass is 16.6. The van der Waals surface area contributed by atoms with E-state index in [-0.39, 0.29) is 18.3 Å². The summed E-state index contributed by atoms with van der Waals surface area (Å²) in [6, 6.07) is 0.227. The van der Waals surface area contributed by atoms with Crippen LogP contribution in [0.25, 0.3) is 0 Å². The van der Waals surface area contributed by atoms with Crippen molar-refractivity contribution in [2.45, 2.75) is 32.7 Å². The van der Waals surface area contributed by atoms with E-state index in [1.807, 2.05) is 11.8 Å². The maximum atomic E-state index is 11.3. The van der Waals surface area contributed by atoms with Crippen molar-refractivity contribution in [2.75, 3.05) is 29.9 Å². The number of aliphatic hydroxyl groups is 1. The van der Waals surface area contributed by atoms with Crippen LogP contribution < -0.4 is 10.2 Å². The second-order valence-electron chi connectivity index (χ2n) is 4.74. The number of hydrogen-bond donors (Lipinski definition) is 2. The van der Waals surface area contributed by atoms with Gasteiger partial charge >= 0.3 is 5.69 Å². The molecule has 2 rings (SSSR count). The fourth-order valence-corrected chi connectivity index (χ4v) is 2.16. The predicted octanol–water partition coefficient (Wildman–Crippen LogP) is 1.09. The monoisotopic (exact) mass is 281 g/mol. The van der Waals surface area contributed by atoms with Gasteiger partial charge in [-0.2, -0.15) is 4.98 Å². The Bertz CT molecular complexity index is 504. The number of rotatable bonds is 7. The van der Waals surface area contributed by atoms with Gasteiger partial charge in [-0.3, -0.25) is 10.1 Å². The Morgan fingerprint density at radius 3 is 2.70 bits per heavy atom. The molecular weight excluding hydrogens is 262 g/mol. The molecule has 0 amide bonds. The first-order valence-corrected chi connectivity index (χ1v) is 6.72. The zero-order valence-electron chi connectivity index (χ0n) is 11.7.